The third-order valence-electron chi connectivity index (χ3n) is 3.16. The molecule has 1 atom stereocenters. The maximum absolute atomic E-state index is 12.2. The monoisotopic (exact) mass is 236 g/mol. The lowest BCUT2D eigenvalue weighted by Gasteiger charge is -2.23. The number of phenolic OH excluding ortho intramolecular Hbond substituents is 2. The molecule has 1 aromatic carbocycles. The summed E-state index contributed by atoms with van der Waals surface area (Å²) in [4.78, 5) is 13.8. The molecule has 4 N–H and O–H groups in total. The fraction of sp³-hybridized carbons (Fsp3) is 0.417. The van der Waals surface area contributed by atoms with E-state index in [0.717, 1.165) is 12.8 Å². The van der Waals surface area contributed by atoms with E-state index in [1.165, 1.54) is 18.2 Å². The molecule has 17 heavy (non-hydrogen) atoms. The Bertz CT molecular complexity index is 434. The SMILES string of the molecule is NCC1CCCN1C(=O)c1cccc(O)c1O. The van der Waals surface area contributed by atoms with Gasteiger partial charge in [-0.1, -0.05) is 6.07 Å². The van der Waals surface area contributed by atoms with Crippen molar-refractivity contribution in [3.8, 4) is 11.5 Å². The number of hydrogen-bond acceptors (Lipinski definition) is 4. The molecular weight excluding hydrogens is 220 g/mol. The average molecular weight is 236 g/mol. The van der Waals surface area contributed by atoms with Gasteiger partial charge < -0.3 is 20.8 Å². The molecule has 1 amide bonds. The number of carbonyl (C=O) groups excluding carboxylic acids is 1. The van der Waals surface area contributed by atoms with Crippen molar-refractivity contribution in [3.63, 3.8) is 0 Å². The van der Waals surface area contributed by atoms with Gasteiger partial charge >= 0.3 is 0 Å². The van der Waals surface area contributed by atoms with Gasteiger partial charge in [0.05, 0.1) is 5.56 Å². The highest BCUT2D eigenvalue weighted by Crippen LogP contribution is 2.30. The highest BCUT2D eigenvalue weighted by Gasteiger charge is 2.29. The van der Waals surface area contributed by atoms with Crippen LogP contribution in [0.2, 0.25) is 0 Å². The lowest BCUT2D eigenvalue weighted by molar-refractivity contribution is 0.0737. The third-order valence-corrected chi connectivity index (χ3v) is 3.16. The molecule has 1 aliphatic heterocycles. The first-order valence-corrected chi connectivity index (χ1v) is 5.67. The van der Waals surface area contributed by atoms with Crippen LogP contribution in [0.3, 0.4) is 0 Å². The van der Waals surface area contributed by atoms with Gasteiger partial charge in [-0.25, -0.2) is 0 Å². The minimum atomic E-state index is -0.361. The highest BCUT2D eigenvalue weighted by atomic mass is 16.3. The number of phenols is 2. The van der Waals surface area contributed by atoms with Crippen LogP contribution in [-0.2, 0) is 0 Å². The second-order valence-electron chi connectivity index (χ2n) is 4.20. The Hall–Kier alpha value is -1.75. The zero-order valence-electron chi connectivity index (χ0n) is 9.47. The first-order chi connectivity index (χ1) is 8.15. The Morgan fingerprint density at radius 1 is 1.47 bits per heavy atom. The predicted octanol–water partition coefficient (Wildman–Crippen LogP) is 0.661. The van der Waals surface area contributed by atoms with Gasteiger partial charge in [0, 0.05) is 19.1 Å². The van der Waals surface area contributed by atoms with Gasteiger partial charge in [0.25, 0.3) is 5.91 Å². The molecule has 1 heterocycles. The number of benzene rings is 1. The van der Waals surface area contributed by atoms with Gasteiger partial charge in [0.1, 0.15) is 0 Å². The first-order valence-electron chi connectivity index (χ1n) is 5.67. The van der Waals surface area contributed by atoms with E-state index in [1.807, 2.05) is 0 Å². The van der Waals surface area contributed by atoms with Gasteiger partial charge in [-0.05, 0) is 25.0 Å². The molecule has 2 rings (SSSR count). The second-order valence-corrected chi connectivity index (χ2v) is 4.20. The minimum absolute atomic E-state index is 0.0317. The maximum Gasteiger partial charge on any atom is 0.258 e. The molecule has 1 saturated heterocycles. The number of aromatic hydroxyl groups is 2. The number of likely N-dealkylation sites (tertiary alicyclic amines) is 1. The largest absolute Gasteiger partial charge is 0.504 e. The number of nitrogens with two attached hydrogens (primary N) is 1. The molecule has 1 fully saturated rings. The topological polar surface area (TPSA) is 86.8 Å². The number of hydrogen-bond donors (Lipinski definition) is 3. The molecule has 0 spiro atoms. The van der Waals surface area contributed by atoms with E-state index in [1.54, 1.807) is 4.90 Å². The summed E-state index contributed by atoms with van der Waals surface area (Å²) in [5.41, 5.74) is 5.73. The van der Waals surface area contributed by atoms with Gasteiger partial charge in [-0.2, -0.15) is 0 Å². The zero-order chi connectivity index (χ0) is 12.4. The van der Waals surface area contributed by atoms with Crippen molar-refractivity contribution >= 4 is 5.91 Å². The molecular formula is C12H16N2O3. The average Bonchev–Trinajstić information content (AvgIpc) is 2.80. The van der Waals surface area contributed by atoms with E-state index in [9.17, 15) is 15.0 Å². The molecule has 0 aliphatic carbocycles. The van der Waals surface area contributed by atoms with Gasteiger partial charge in [0.15, 0.2) is 11.5 Å². The number of amides is 1. The number of para-hydroxylation sites is 1. The maximum atomic E-state index is 12.2. The van der Waals surface area contributed by atoms with Crippen molar-refractivity contribution < 1.29 is 15.0 Å². The summed E-state index contributed by atoms with van der Waals surface area (Å²) in [6, 6.07) is 4.42. The van der Waals surface area contributed by atoms with Gasteiger partial charge in [-0.15, -0.1) is 0 Å². The Labute approximate surface area is 99.5 Å². The fourth-order valence-electron chi connectivity index (χ4n) is 2.21. The normalized spacial score (nSPS) is 19.6. The van der Waals surface area contributed by atoms with Gasteiger partial charge in [-0.3, -0.25) is 4.79 Å². The van der Waals surface area contributed by atoms with Crippen molar-refractivity contribution in [2.24, 2.45) is 5.73 Å². The van der Waals surface area contributed by atoms with Crippen molar-refractivity contribution in [2.45, 2.75) is 18.9 Å². The summed E-state index contributed by atoms with van der Waals surface area (Å²) in [6.07, 6.45) is 1.81. The van der Waals surface area contributed by atoms with Crippen LogP contribution in [0, 0.1) is 0 Å². The smallest absolute Gasteiger partial charge is 0.258 e. The summed E-state index contributed by atoms with van der Waals surface area (Å²) < 4.78 is 0. The lowest BCUT2D eigenvalue weighted by Crippen LogP contribution is -2.39. The van der Waals surface area contributed by atoms with Crippen LogP contribution < -0.4 is 5.73 Å². The van der Waals surface area contributed by atoms with Crippen LogP contribution in [0.25, 0.3) is 0 Å². The molecule has 0 aromatic heterocycles. The van der Waals surface area contributed by atoms with Crippen LogP contribution in [-0.4, -0.2) is 40.2 Å². The van der Waals surface area contributed by atoms with Crippen LogP contribution in [0.4, 0.5) is 0 Å². The van der Waals surface area contributed by atoms with E-state index < -0.39 is 0 Å². The Morgan fingerprint density at radius 2 is 2.24 bits per heavy atom. The fourth-order valence-corrected chi connectivity index (χ4v) is 2.21. The predicted molar refractivity (Wildman–Crippen MR) is 62.9 cm³/mol. The van der Waals surface area contributed by atoms with Crippen molar-refractivity contribution in [2.75, 3.05) is 13.1 Å². The second kappa shape index (κ2) is 4.63. The minimum Gasteiger partial charge on any atom is -0.504 e. The Kier molecular flexibility index (Phi) is 3.19. The Morgan fingerprint density at radius 3 is 2.94 bits per heavy atom. The van der Waals surface area contributed by atoms with E-state index >= 15 is 0 Å². The highest BCUT2D eigenvalue weighted by molar-refractivity contribution is 5.98. The lowest BCUT2D eigenvalue weighted by atomic mass is 10.1. The van der Waals surface area contributed by atoms with Crippen molar-refractivity contribution in [1.82, 2.24) is 4.90 Å². The van der Waals surface area contributed by atoms with E-state index in [2.05, 4.69) is 0 Å². The molecule has 1 unspecified atom stereocenters. The van der Waals surface area contributed by atoms with E-state index in [0.29, 0.717) is 13.1 Å². The summed E-state index contributed by atoms with van der Waals surface area (Å²) in [5, 5.41) is 19.0. The van der Waals surface area contributed by atoms with Crippen LogP contribution in [0.15, 0.2) is 18.2 Å². The summed E-state index contributed by atoms with van der Waals surface area (Å²) in [5.74, 6) is -0.911. The molecule has 0 saturated carbocycles. The molecule has 1 aliphatic rings. The molecule has 0 radical (unpaired) electrons. The molecule has 0 bridgehead atoms. The number of carbonyl (C=O) groups is 1. The molecule has 5 heteroatoms. The van der Waals surface area contributed by atoms with E-state index in [4.69, 9.17) is 5.73 Å². The standard InChI is InChI=1S/C12H16N2O3/c13-7-8-3-2-6-14(8)12(17)9-4-1-5-10(15)11(9)16/h1,4-5,8,15-16H,2-3,6-7,13H2. The Balaban J connectivity index is 2.28. The molecule has 5 nitrogen and oxygen atoms in total. The molecule has 92 valence electrons. The van der Waals surface area contributed by atoms with E-state index in [-0.39, 0.29) is 29.0 Å². The molecule has 1 aromatic rings. The van der Waals surface area contributed by atoms with Crippen molar-refractivity contribution in [1.29, 1.82) is 0 Å². The third kappa shape index (κ3) is 2.06. The summed E-state index contributed by atoms with van der Waals surface area (Å²) in [6.45, 7) is 1.07. The van der Waals surface area contributed by atoms with Gasteiger partial charge in [0.2, 0.25) is 0 Å². The van der Waals surface area contributed by atoms with Crippen LogP contribution in [0.5, 0.6) is 11.5 Å². The summed E-state index contributed by atoms with van der Waals surface area (Å²) >= 11 is 0. The number of nitrogens with zero attached hydrogens (tertiary/aromatic N) is 1. The quantitative estimate of drug-likeness (QED) is 0.658. The zero-order valence-corrected chi connectivity index (χ0v) is 9.47. The van der Waals surface area contributed by atoms with Crippen LogP contribution in [0.1, 0.15) is 23.2 Å². The first kappa shape index (κ1) is 11.7. The van der Waals surface area contributed by atoms with Crippen LogP contribution >= 0.6 is 0 Å². The van der Waals surface area contributed by atoms with Crippen molar-refractivity contribution in [3.05, 3.63) is 23.8 Å². The summed E-state index contributed by atoms with van der Waals surface area (Å²) in [7, 11) is 0. The number of rotatable bonds is 2.